The van der Waals surface area contributed by atoms with Crippen molar-refractivity contribution in [3.8, 4) is 0 Å². The first-order chi connectivity index (χ1) is 9.93. The Labute approximate surface area is 145 Å². The fourth-order valence-electron chi connectivity index (χ4n) is 2.21. The zero-order chi connectivity index (χ0) is 15.6. The maximum atomic E-state index is 14.3. The SMILES string of the molecule is CCNC(c1cc(F)c(C)cc1F)c1cc(Br)ccc1I. The third kappa shape index (κ3) is 3.81. The summed E-state index contributed by atoms with van der Waals surface area (Å²) in [6.07, 6.45) is 0. The Kier molecular flexibility index (Phi) is 5.73. The molecule has 0 aliphatic carbocycles. The predicted octanol–water partition coefficient (Wildman–Crippen LogP) is 5.34. The summed E-state index contributed by atoms with van der Waals surface area (Å²) in [5, 5.41) is 3.24. The fraction of sp³-hybridized carbons (Fsp3) is 0.250. The number of aryl methyl sites for hydroxylation is 1. The van der Waals surface area contributed by atoms with Gasteiger partial charge in [0.15, 0.2) is 0 Å². The number of nitrogens with one attached hydrogen (secondary N) is 1. The third-order valence-corrected chi connectivity index (χ3v) is 4.74. The van der Waals surface area contributed by atoms with Crippen molar-refractivity contribution in [1.82, 2.24) is 5.32 Å². The van der Waals surface area contributed by atoms with Crippen molar-refractivity contribution in [2.45, 2.75) is 19.9 Å². The normalized spacial score (nSPS) is 12.5. The highest BCUT2D eigenvalue weighted by atomic mass is 127. The molecule has 0 heterocycles. The predicted molar refractivity (Wildman–Crippen MR) is 93.5 cm³/mol. The van der Waals surface area contributed by atoms with E-state index >= 15 is 0 Å². The van der Waals surface area contributed by atoms with Crippen LogP contribution in [0.4, 0.5) is 8.78 Å². The second-order valence-electron chi connectivity index (χ2n) is 4.78. The zero-order valence-corrected chi connectivity index (χ0v) is 15.4. The molecule has 0 aromatic heterocycles. The Hall–Kier alpha value is -0.530. The van der Waals surface area contributed by atoms with Crippen LogP contribution in [0.1, 0.15) is 29.7 Å². The highest BCUT2D eigenvalue weighted by Gasteiger charge is 2.21. The first-order valence-corrected chi connectivity index (χ1v) is 8.45. The minimum absolute atomic E-state index is 0.315. The van der Waals surface area contributed by atoms with E-state index in [1.807, 2.05) is 25.1 Å². The number of hydrogen-bond acceptors (Lipinski definition) is 1. The van der Waals surface area contributed by atoms with E-state index in [0.717, 1.165) is 13.6 Å². The molecule has 0 bridgehead atoms. The van der Waals surface area contributed by atoms with Crippen molar-refractivity contribution in [3.05, 3.63) is 66.7 Å². The molecular formula is C16H15BrF2IN. The Bertz CT molecular complexity index is 661. The van der Waals surface area contributed by atoms with Gasteiger partial charge >= 0.3 is 0 Å². The topological polar surface area (TPSA) is 12.0 Å². The molecule has 0 saturated carbocycles. The fourth-order valence-corrected chi connectivity index (χ4v) is 3.24. The maximum absolute atomic E-state index is 14.3. The standard InChI is InChI=1S/C16H15BrF2IN/c1-3-21-16(12-7-10(17)4-5-15(12)20)11-8-13(18)9(2)6-14(11)19/h4-8,16,21H,3H2,1-2H3. The summed E-state index contributed by atoms with van der Waals surface area (Å²) in [4.78, 5) is 0. The molecule has 1 N–H and O–H groups in total. The second kappa shape index (κ2) is 7.15. The lowest BCUT2D eigenvalue weighted by molar-refractivity contribution is 0.540. The van der Waals surface area contributed by atoms with E-state index in [9.17, 15) is 8.78 Å². The third-order valence-electron chi connectivity index (χ3n) is 3.27. The molecule has 2 aromatic rings. The molecule has 2 rings (SSSR count). The highest BCUT2D eigenvalue weighted by molar-refractivity contribution is 14.1. The van der Waals surface area contributed by atoms with Crippen molar-refractivity contribution < 1.29 is 8.78 Å². The Balaban J connectivity index is 2.58. The number of rotatable bonds is 4. The van der Waals surface area contributed by atoms with Gasteiger partial charge in [0, 0.05) is 13.6 Å². The molecule has 0 radical (unpaired) electrons. The quantitative estimate of drug-likeness (QED) is 0.601. The molecule has 0 fully saturated rings. The van der Waals surface area contributed by atoms with E-state index in [2.05, 4.69) is 43.8 Å². The van der Waals surface area contributed by atoms with Crippen LogP contribution in [0.25, 0.3) is 0 Å². The molecule has 0 amide bonds. The molecule has 5 heteroatoms. The van der Waals surface area contributed by atoms with Crippen molar-refractivity contribution in [1.29, 1.82) is 0 Å². The van der Waals surface area contributed by atoms with Gasteiger partial charge in [-0.3, -0.25) is 0 Å². The summed E-state index contributed by atoms with van der Waals surface area (Å²) < 4.78 is 30.1. The minimum atomic E-state index is -0.393. The molecule has 0 spiro atoms. The molecule has 0 aliphatic rings. The lowest BCUT2D eigenvalue weighted by atomic mass is 9.97. The van der Waals surface area contributed by atoms with Gasteiger partial charge in [-0.25, -0.2) is 8.78 Å². The lowest BCUT2D eigenvalue weighted by Gasteiger charge is -2.21. The largest absolute Gasteiger partial charge is 0.306 e. The Morgan fingerprint density at radius 3 is 2.52 bits per heavy atom. The number of hydrogen-bond donors (Lipinski definition) is 1. The first-order valence-electron chi connectivity index (χ1n) is 6.58. The lowest BCUT2D eigenvalue weighted by Crippen LogP contribution is -2.24. The van der Waals surface area contributed by atoms with Crippen LogP contribution in [0.2, 0.25) is 0 Å². The van der Waals surface area contributed by atoms with Gasteiger partial charge in [-0.2, -0.15) is 0 Å². The van der Waals surface area contributed by atoms with Gasteiger partial charge in [-0.1, -0.05) is 22.9 Å². The zero-order valence-electron chi connectivity index (χ0n) is 11.7. The van der Waals surface area contributed by atoms with Crippen molar-refractivity contribution in [2.75, 3.05) is 6.54 Å². The summed E-state index contributed by atoms with van der Waals surface area (Å²) in [6, 6.07) is 7.98. The van der Waals surface area contributed by atoms with Crippen LogP contribution in [0.5, 0.6) is 0 Å². The van der Waals surface area contributed by atoms with Gasteiger partial charge < -0.3 is 5.32 Å². The molecule has 0 aliphatic heterocycles. The van der Waals surface area contributed by atoms with Crippen molar-refractivity contribution in [2.24, 2.45) is 0 Å². The van der Waals surface area contributed by atoms with E-state index in [-0.39, 0.29) is 11.9 Å². The molecular weight excluding hydrogens is 451 g/mol. The number of benzene rings is 2. The van der Waals surface area contributed by atoms with Crippen LogP contribution in [0.15, 0.2) is 34.8 Å². The number of halogens is 4. The Morgan fingerprint density at radius 1 is 1.14 bits per heavy atom. The average molecular weight is 466 g/mol. The van der Waals surface area contributed by atoms with Gasteiger partial charge in [0.2, 0.25) is 0 Å². The van der Waals surface area contributed by atoms with E-state index in [1.165, 1.54) is 12.1 Å². The van der Waals surface area contributed by atoms with E-state index in [1.54, 1.807) is 6.92 Å². The van der Waals surface area contributed by atoms with Crippen molar-refractivity contribution in [3.63, 3.8) is 0 Å². The summed E-state index contributed by atoms with van der Waals surface area (Å²) in [5.74, 6) is -0.782. The summed E-state index contributed by atoms with van der Waals surface area (Å²) in [5.41, 5.74) is 1.57. The van der Waals surface area contributed by atoms with E-state index < -0.39 is 5.82 Å². The van der Waals surface area contributed by atoms with Gasteiger partial charge in [0.1, 0.15) is 11.6 Å². The maximum Gasteiger partial charge on any atom is 0.128 e. The van der Waals surface area contributed by atoms with E-state index in [4.69, 9.17) is 0 Å². The first kappa shape index (κ1) is 16.8. The molecule has 1 unspecified atom stereocenters. The molecule has 0 saturated heterocycles. The average Bonchev–Trinajstić information content (AvgIpc) is 2.43. The summed E-state index contributed by atoms with van der Waals surface area (Å²) in [7, 11) is 0. The van der Waals surface area contributed by atoms with Crippen LogP contribution in [-0.4, -0.2) is 6.54 Å². The summed E-state index contributed by atoms with van der Waals surface area (Å²) in [6.45, 7) is 4.16. The molecule has 112 valence electrons. The monoisotopic (exact) mass is 465 g/mol. The Morgan fingerprint density at radius 2 is 1.86 bits per heavy atom. The van der Waals surface area contributed by atoms with Crippen molar-refractivity contribution >= 4 is 38.5 Å². The van der Waals surface area contributed by atoms with E-state index in [0.29, 0.717) is 17.7 Å². The molecule has 1 atom stereocenters. The molecule has 2 aromatic carbocycles. The summed E-state index contributed by atoms with van der Waals surface area (Å²) >= 11 is 5.64. The van der Waals surface area contributed by atoms with Crippen LogP contribution >= 0.6 is 38.5 Å². The van der Waals surface area contributed by atoms with Gasteiger partial charge in [0.25, 0.3) is 0 Å². The van der Waals surface area contributed by atoms with Crippen LogP contribution in [0.3, 0.4) is 0 Å². The van der Waals surface area contributed by atoms with Gasteiger partial charge in [-0.15, -0.1) is 0 Å². The van der Waals surface area contributed by atoms with Crippen LogP contribution in [0, 0.1) is 22.1 Å². The van der Waals surface area contributed by atoms with Crippen LogP contribution < -0.4 is 5.32 Å². The smallest absolute Gasteiger partial charge is 0.128 e. The molecule has 21 heavy (non-hydrogen) atoms. The molecule has 1 nitrogen and oxygen atoms in total. The minimum Gasteiger partial charge on any atom is -0.306 e. The van der Waals surface area contributed by atoms with Gasteiger partial charge in [-0.05, 0) is 77.5 Å². The van der Waals surface area contributed by atoms with Gasteiger partial charge in [0.05, 0.1) is 6.04 Å². The van der Waals surface area contributed by atoms with Crippen LogP contribution in [-0.2, 0) is 0 Å². The second-order valence-corrected chi connectivity index (χ2v) is 6.86. The highest BCUT2D eigenvalue weighted by Crippen LogP contribution is 2.31.